The zero-order chi connectivity index (χ0) is 45.2. The second-order valence-electron chi connectivity index (χ2n) is 21.4. The molecule has 4 aliphatic rings. The summed E-state index contributed by atoms with van der Waals surface area (Å²) >= 11 is 0. The van der Waals surface area contributed by atoms with E-state index in [4.69, 9.17) is 4.42 Å². The quantitative estimate of drug-likeness (QED) is 0.154. The first kappa shape index (κ1) is 40.5. The summed E-state index contributed by atoms with van der Waals surface area (Å²) in [4.78, 5) is 2.67. The predicted octanol–water partition coefficient (Wildman–Crippen LogP) is 15.1. The lowest BCUT2D eigenvalue weighted by Crippen LogP contribution is -2.47. The second kappa shape index (κ2) is 14.9. The van der Waals surface area contributed by atoms with E-state index >= 15 is 0 Å². The Kier molecular flexibility index (Phi) is 8.98. The lowest BCUT2D eigenvalue weighted by atomic mass is 9.54. The minimum atomic E-state index is -0.509. The van der Waals surface area contributed by atoms with Gasteiger partial charge in [-0.15, -0.1) is 0 Å². The summed E-state index contributed by atoms with van der Waals surface area (Å²) in [6.07, 6.45) is 6.08. The summed E-state index contributed by atoms with van der Waals surface area (Å²) in [6, 6.07) is 64.4. The van der Waals surface area contributed by atoms with E-state index in [1.165, 1.54) is 110 Å². The van der Waals surface area contributed by atoms with Crippen LogP contribution in [0.1, 0.15) is 112 Å². The van der Waals surface area contributed by atoms with Gasteiger partial charge in [0, 0.05) is 28.0 Å². The molecule has 0 spiro atoms. The van der Waals surface area contributed by atoms with Gasteiger partial charge in [0.25, 0.3) is 0 Å². The Balaban J connectivity index is 1.08. The van der Waals surface area contributed by atoms with Gasteiger partial charge in [0.2, 0.25) is 0 Å². The van der Waals surface area contributed by atoms with E-state index in [9.17, 15) is 0 Å². The summed E-state index contributed by atoms with van der Waals surface area (Å²) in [5.41, 5.74) is 22.5. The third kappa shape index (κ3) is 6.04. The highest BCUT2D eigenvalue weighted by Gasteiger charge is 2.49. The Morgan fingerprint density at radius 1 is 0.612 bits per heavy atom. The van der Waals surface area contributed by atoms with Crippen molar-refractivity contribution in [2.75, 3.05) is 10.2 Å². The van der Waals surface area contributed by atoms with Gasteiger partial charge in [0.15, 0.2) is 7.28 Å². The molecule has 4 heteroatoms. The Morgan fingerprint density at radius 3 is 2.09 bits per heavy atom. The largest absolute Gasteiger partial charge is 0.456 e. The third-order valence-corrected chi connectivity index (χ3v) is 16.5. The number of furan rings is 1. The van der Waals surface area contributed by atoms with Crippen LogP contribution in [0.2, 0.25) is 0 Å². The van der Waals surface area contributed by atoms with Crippen LogP contribution >= 0.6 is 0 Å². The SMILES string of the molecule is CCCC1CC1c1cc(-c2ccc3oc4ccccc4c3c2Nc2ccc3c(c2)C(C)(C)CCC3(C)C)c2c(c1)N1c3ccccc3C(c3ccccc3)(c3ccccc3)c3cccc(c31)B2. The van der Waals surface area contributed by atoms with Gasteiger partial charge in [-0.3, -0.25) is 0 Å². The average molecular weight is 869 g/mol. The van der Waals surface area contributed by atoms with Gasteiger partial charge in [-0.05, 0) is 134 Å². The maximum absolute atomic E-state index is 6.68. The number of benzene rings is 8. The van der Waals surface area contributed by atoms with Crippen LogP contribution in [-0.4, -0.2) is 7.28 Å². The summed E-state index contributed by atoms with van der Waals surface area (Å²) in [7, 11) is 0.821. The maximum atomic E-state index is 6.68. The van der Waals surface area contributed by atoms with Crippen molar-refractivity contribution in [1.82, 2.24) is 0 Å². The average Bonchev–Trinajstić information content (AvgIpc) is 4.02. The van der Waals surface area contributed by atoms with Gasteiger partial charge >= 0.3 is 0 Å². The molecule has 8 aromatic carbocycles. The molecule has 0 radical (unpaired) electrons. The van der Waals surface area contributed by atoms with Crippen LogP contribution < -0.4 is 21.1 Å². The standard InChI is InChI=1S/C63H57BN2O/c1-6-18-39-35-46(39)40-36-47(44-30-32-56-57(45-23-13-16-28-55(45)67-56)59(44)65-43-29-31-48-51(38-43)62(4,5)34-33-61(48,2)3)58-54(37-40)66-53-27-15-14-24-49(53)63(41-19-9-7-10-20-41,42-21-11-8-12-22-42)50-25-17-26-52(64-58)60(50)66/h7-17,19-32,36-39,46,64-65H,6,18,33-35H2,1-5H3. The summed E-state index contributed by atoms with van der Waals surface area (Å²) in [5.74, 6) is 1.25. The molecule has 1 fully saturated rings. The highest BCUT2D eigenvalue weighted by Crippen LogP contribution is 2.59. The molecule has 1 aromatic heterocycles. The predicted molar refractivity (Wildman–Crippen MR) is 283 cm³/mol. The van der Waals surface area contributed by atoms with Crippen LogP contribution in [0.5, 0.6) is 0 Å². The molecule has 2 aliphatic carbocycles. The second-order valence-corrected chi connectivity index (χ2v) is 21.4. The molecule has 13 rings (SSSR count). The monoisotopic (exact) mass is 868 g/mol. The number of rotatable bonds is 8. The van der Waals surface area contributed by atoms with Crippen molar-refractivity contribution >= 4 is 68.6 Å². The summed E-state index contributed by atoms with van der Waals surface area (Å²) in [5, 5.41) is 6.43. The van der Waals surface area contributed by atoms with Crippen molar-refractivity contribution in [1.29, 1.82) is 0 Å². The Hall–Kier alpha value is -6.78. The van der Waals surface area contributed by atoms with E-state index < -0.39 is 5.41 Å². The first-order valence-corrected chi connectivity index (χ1v) is 24.8. The van der Waals surface area contributed by atoms with Crippen LogP contribution in [0.25, 0.3) is 33.1 Å². The number of para-hydroxylation sites is 3. The van der Waals surface area contributed by atoms with Gasteiger partial charge in [-0.2, -0.15) is 0 Å². The van der Waals surface area contributed by atoms with Crippen molar-refractivity contribution in [3.8, 4) is 11.1 Å². The normalized spacial score (nSPS) is 18.9. The van der Waals surface area contributed by atoms with Crippen molar-refractivity contribution in [3.63, 3.8) is 0 Å². The molecule has 2 aliphatic heterocycles. The van der Waals surface area contributed by atoms with Gasteiger partial charge in [-0.1, -0.05) is 180 Å². The molecule has 3 heterocycles. The number of hydrogen-bond donors (Lipinski definition) is 1. The smallest absolute Gasteiger partial charge is 0.198 e. The molecule has 328 valence electrons. The van der Waals surface area contributed by atoms with Crippen LogP contribution in [0.4, 0.5) is 28.4 Å². The molecule has 0 bridgehead atoms. The number of nitrogens with one attached hydrogen (secondary N) is 1. The Morgan fingerprint density at radius 2 is 1.31 bits per heavy atom. The van der Waals surface area contributed by atoms with Crippen molar-refractivity contribution in [3.05, 3.63) is 209 Å². The number of fused-ring (bicyclic) bond motifs is 8. The van der Waals surface area contributed by atoms with E-state index in [1.54, 1.807) is 0 Å². The van der Waals surface area contributed by atoms with Crippen molar-refractivity contribution < 1.29 is 4.42 Å². The van der Waals surface area contributed by atoms with Crippen LogP contribution in [0.3, 0.4) is 0 Å². The molecule has 3 nitrogen and oxygen atoms in total. The highest BCUT2D eigenvalue weighted by molar-refractivity contribution is 6.73. The van der Waals surface area contributed by atoms with E-state index in [2.05, 4.69) is 215 Å². The van der Waals surface area contributed by atoms with Gasteiger partial charge < -0.3 is 14.6 Å². The van der Waals surface area contributed by atoms with Gasteiger partial charge in [0.1, 0.15) is 11.2 Å². The minimum absolute atomic E-state index is 0.0853. The molecular formula is C63H57BN2O. The van der Waals surface area contributed by atoms with E-state index in [0.717, 1.165) is 40.6 Å². The fraction of sp³-hybridized carbons (Fsp3) is 0.238. The molecular weight excluding hydrogens is 812 g/mol. The van der Waals surface area contributed by atoms with Crippen LogP contribution in [0.15, 0.2) is 174 Å². The van der Waals surface area contributed by atoms with E-state index in [0.29, 0.717) is 11.8 Å². The molecule has 2 atom stereocenters. The van der Waals surface area contributed by atoms with Crippen molar-refractivity contribution in [2.45, 2.75) is 88.9 Å². The van der Waals surface area contributed by atoms with Crippen LogP contribution in [0, 0.1) is 5.92 Å². The summed E-state index contributed by atoms with van der Waals surface area (Å²) < 4.78 is 6.68. The van der Waals surface area contributed by atoms with E-state index in [-0.39, 0.29) is 10.8 Å². The highest BCUT2D eigenvalue weighted by atomic mass is 16.3. The molecule has 1 N–H and O–H groups in total. The zero-order valence-corrected chi connectivity index (χ0v) is 39.4. The van der Waals surface area contributed by atoms with Gasteiger partial charge in [-0.25, -0.2) is 0 Å². The number of anilines is 5. The van der Waals surface area contributed by atoms with E-state index in [1.807, 2.05) is 0 Å². The Bertz CT molecular complexity index is 3400. The molecule has 2 unspecified atom stereocenters. The number of nitrogens with zero attached hydrogens (tertiary/aromatic N) is 1. The first-order valence-electron chi connectivity index (χ1n) is 24.8. The molecule has 1 saturated carbocycles. The van der Waals surface area contributed by atoms with Crippen molar-refractivity contribution in [2.24, 2.45) is 5.92 Å². The van der Waals surface area contributed by atoms with Crippen LogP contribution in [-0.2, 0) is 16.2 Å². The zero-order valence-electron chi connectivity index (χ0n) is 39.4. The lowest BCUT2D eigenvalue weighted by Gasteiger charge is -2.49. The maximum Gasteiger partial charge on any atom is 0.198 e. The fourth-order valence-electron chi connectivity index (χ4n) is 13.0. The molecule has 9 aromatic rings. The topological polar surface area (TPSA) is 28.4 Å². The van der Waals surface area contributed by atoms with Gasteiger partial charge in [0.05, 0.1) is 22.2 Å². The Labute approximate surface area is 396 Å². The molecule has 0 saturated heterocycles. The summed E-state index contributed by atoms with van der Waals surface area (Å²) in [6.45, 7) is 12.0. The minimum Gasteiger partial charge on any atom is -0.456 e. The molecule has 0 amide bonds. The first-order chi connectivity index (χ1) is 32.7. The third-order valence-electron chi connectivity index (χ3n) is 16.5. The fourth-order valence-corrected chi connectivity index (χ4v) is 13.0. The lowest BCUT2D eigenvalue weighted by molar-refractivity contribution is 0.332. The molecule has 67 heavy (non-hydrogen) atoms. The number of hydrogen-bond acceptors (Lipinski definition) is 3.